The predicted octanol–water partition coefficient (Wildman–Crippen LogP) is 2.58. The van der Waals surface area contributed by atoms with Gasteiger partial charge in [-0.05, 0) is 60.9 Å². The van der Waals surface area contributed by atoms with E-state index in [4.69, 9.17) is 5.11 Å². The molecular weight excluding hydrogens is 198 g/mol. The summed E-state index contributed by atoms with van der Waals surface area (Å²) in [7, 11) is 0. The minimum atomic E-state index is 0.226. The summed E-state index contributed by atoms with van der Waals surface area (Å²) >= 11 is 0. The highest BCUT2D eigenvalue weighted by atomic mass is 16.2. The molecule has 2 heteroatoms. The third kappa shape index (κ3) is 1.54. The van der Waals surface area contributed by atoms with E-state index in [-0.39, 0.29) is 6.61 Å². The number of H-pyrrole nitrogens is 1. The lowest BCUT2D eigenvalue weighted by atomic mass is 9.90. The largest absolute Gasteiger partial charge is 0.396 e. The van der Waals surface area contributed by atoms with Crippen molar-refractivity contribution in [2.75, 3.05) is 6.61 Å². The molecule has 2 aromatic rings. The minimum Gasteiger partial charge on any atom is -0.396 e. The summed E-state index contributed by atoms with van der Waals surface area (Å²) in [5, 5.41) is 10.3. The number of hydrogen-bond acceptors (Lipinski definition) is 1. The Morgan fingerprint density at radius 1 is 1.12 bits per heavy atom. The lowest BCUT2D eigenvalue weighted by Gasteiger charge is -2.15. The fourth-order valence-electron chi connectivity index (χ4n) is 2.74. The van der Waals surface area contributed by atoms with Crippen LogP contribution in [0.3, 0.4) is 0 Å². The normalized spacial score (nSPS) is 15.3. The Hall–Kier alpha value is -1.28. The highest BCUT2D eigenvalue weighted by Gasteiger charge is 2.12. The summed E-state index contributed by atoms with van der Waals surface area (Å²) in [5.74, 6) is 0. The van der Waals surface area contributed by atoms with Crippen molar-refractivity contribution >= 4 is 10.9 Å². The summed E-state index contributed by atoms with van der Waals surface area (Å²) in [6, 6.07) is 4.62. The second kappa shape index (κ2) is 3.95. The van der Waals surface area contributed by atoms with Crippen LogP contribution in [-0.4, -0.2) is 16.7 Å². The Morgan fingerprint density at radius 2 is 1.88 bits per heavy atom. The average Bonchev–Trinajstić information content (AvgIpc) is 2.70. The first-order valence-electron chi connectivity index (χ1n) is 6.11. The van der Waals surface area contributed by atoms with Crippen LogP contribution in [0.5, 0.6) is 0 Å². The second-order valence-electron chi connectivity index (χ2n) is 4.66. The van der Waals surface area contributed by atoms with Crippen molar-refractivity contribution in [1.29, 1.82) is 0 Å². The number of aryl methyl sites for hydroxylation is 2. The van der Waals surface area contributed by atoms with Crippen LogP contribution in [0.25, 0.3) is 10.9 Å². The molecule has 0 amide bonds. The number of benzene rings is 1. The quantitative estimate of drug-likeness (QED) is 0.793. The van der Waals surface area contributed by atoms with Crippen molar-refractivity contribution in [3.8, 4) is 0 Å². The molecular formula is C14H17NO. The molecule has 1 aliphatic carbocycles. The summed E-state index contributed by atoms with van der Waals surface area (Å²) in [5.41, 5.74) is 5.49. The van der Waals surface area contributed by atoms with E-state index in [1.165, 1.54) is 53.3 Å². The molecule has 0 fully saturated rings. The Morgan fingerprint density at radius 3 is 2.62 bits per heavy atom. The SMILES string of the molecule is OCCc1c[nH]c2cc3c(cc12)CCCC3. The number of fused-ring (bicyclic) bond motifs is 2. The van der Waals surface area contributed by atoms with E-state index >= 15 is 0 Å². The molecule has 1 aromatic heterocycles. The summed E-state index contributed by atoms with van der Waals surface area (Å²) in [4.78, 5) is 3.31. The molecule has 0 radical (unpaired) electrons. The van der Waals surface area contributed by atoms with Crippen molar-refractivity contribution in [2.24, 2.45) is 0 Å². The molecule has 1 aromatic carbocycles. The van der Waals surface area contributed by atoms with E-state index < -0.39 is 0 Å². The molecule has 0 saturated heterocycles. The van der Waals surface area contributed by atoms with Crippen molar-refractivity contribution in [2.45, 2.75) is 32.1 Å². The van der Waals surface area contributed by atoms with Crippen LogP contribution in [0, 0.1) is 0 Å². The highest BCUT2D eigenvalue weighted by molar-refractivity contribution is 5.85. The van der Waals surface area contributed by atoms with Gasteiger partial charge < -0.3 is 10.1 Å². The van der Waals surface area contributed by atoms with Crippen molar-refractivity contribution in [3.63, 3.8) is 0 Å². The zero-order valence-corrected chi connectivity index (χ0v) is 9.42. The standard InChI is InChI=1S/C14H17NO/c16-6-5-12-9-15-14-8-11-4-2-1-3-10(11)7-13(12)14/h7-9,15-16H,1-6H2. The van der Waals surface area contributed by atoms with Gasteiger partial charge in [0.15, 0.2) is 0 Å². The van der Waals surface area contributed by atoms with Gasteiger partial charge >= 0.3 is 0 Å². The Bertz CT molecular complexity index is 513. The molecule has 16 heavy (non-hydrogen) atoms. The molecule has 2 nitrogen and oxygen atoms in total. The molecule has 0 unspecified atom stereocenters. The van der Waals surface area contributed by atoms with E-state index in [1.54, 1.807) is 0 Å². The Kier molecular flexibility index (Phi) is 2.44. The number of rotatable bonds is 2. The maximum atomic E-state index is 9.02. The van der Waals surface area contributed by atoms with E-state index in [9.17, 15) is 0 Å². The van der Waals surface area contributed by atoms with Gasteiger partial charge in [-0.3, -0.25) is 0 Å². The molecule has 1 heterocycles. The van der Waals surface area contributed by atoms with Crippen LogP contribution >= 0.6 is 0 Å². The van der Waals surface area contributed by atoms with Gasteiger partial charge in [0.2, 0.25) is 0 Å². The number of nitrogens with one attached hydrogen (secondary N) is 1. The monoisotopic (exact) mass is 215 g/mol. The maximum absolute atomic E-state index is 9.02. The van der Waals surface area contributed by atoms with E-state index in [2.05, 4.69) is 17.1 Å². The number of aliphatic hydroxyl groups is 1. The molecule has 0 saturated carbocycles. The molecule has 0 spiro atoms. The van der Waals surface area contributed by atoms with Gasteiger partial charge in [-0.15, -0.1) is 0 Å². The Balaban J connectivity index is 2.14. The summed E-state index contributed by atoms with van der Waals surface area (Å²) < 4.78 is 0. The third-order valence-electron chi connectivity index (χ3n) is 3.61. The number of hydrogen-bond donors (Lipinski definition) is 2. The van der Waals surface area contributed by atoms with Gasteiger partial charge in [-0.2, -0.15) is 0 Å². The van der Waals surface area contributed by atoms with Gasteiger partial charge in [0.1, 0.15) is 0 Å². The average molecular weight is 215 g/mol. The third-order valence-corrected chi connectivity index (χ3v) is 3.61. The molecule has 3 rings (SSSR count). The van der Waals surface area contributed by atoms with Crippen LogP contribution < -0.4 is 0 Å². The van der Waals surface area contributed by atoms with Gasteiger partial charge in [-0.25, -0.2) is 0 Å². The van der Waals surface area contributed by atoms with Gasteiger partial charge in [0.05, 0.1) is 0 Å². The molecule has 0 bridgehead atoms. The van der Waals surface area contributed by atoms with Gasteiger partial charge in [0.25, 0.3) is 0 Å². The summed E-state index contributed by atoms with van der Waals surface area (Å²) in [6.45, 7) is 0.226. The van der Waals surface area contributed by atoms with Crippen molar-refractivity contribution in [1.82, 2.24) is 4.98 Å². The van der Waals surface area contributed by atoms with Crippen molar-refractivity contribution < 1.29 is 5.11 Å². The molecule has 0 aliphatic heterocycles. The van der Waals surface area contributed by atoms with E-state index in [0.29, 0.717) is 0 Å². The van der Waals surface area contributed by atoms with Gasteiger partial charge in [-0.1, -0.05) is 0 Å². The number of aliphatic hydroxyl groups excluding tert-OH is 1. The minimum absolute atomic E-state index is 0.226. The molecule has 84 valence electrons. The zero-order valence-electron chi connectivity index (χ0n) is 9.42. The first kappa shape index (κ1) is 9.91. The smallest absolute Gasteiger partial charge is 0.0472 e. The van der Waals surface area contributed by atoms with Crippen LogP contribution in [0.2, 0.25) is 0 Å². The van der Waals surface area contributed by atoms with E-state index in [1.807, 2.05) is 6.20 Å². The topological polar surface area (TPSA) is 36.0 Å². The number of aromatic nitrogens is 1. The van der Waals surface area contributed by atoms with Crippen LogP contribution in [-0.2, 0) is 19.3 Å². The van der Waals surface area contributed by atoms with Crippen LogP contribution in [0.1, 0.15) is 29.5 Å². The van der Waals surface area contributed by atoms with Gasteiger partial charge in [0, 0.05) is 23.7 Å². The molecule has 0 atom stereocenters. The first-order valence-corrected chi connectivity index (χ1v) is 6.11. The zero-order chi connectivity index (χ0) is 11.0. The van der Waals surface area contributed by atoms with E-state index in [0.717, 1.165) is 6.42 Å². The highest BCUT2D eigenvalue weighted by Crippen LogP contribution is 2.28. The van der Waals surface area contributed by atoms with Crippen molar-refractivity contribution in [3.05, 3.63) is 35.0 Å². The Labute approximate surface area is 95.3 Å². The number of aromatic amines is 1. The molecule has 1 aliphatic rings. The lowest BCUT2D eigenvalue weighted by Crippen LogP contribution is -2.02. The fourth-order valence-corrected chi connectivity index (χ4v) is 2.74. The van der Waals surface area contributed by atoms with Crippen LogP contribution in [0.15, 0.2) is 18.3 Å². The summed E-state index contributed by atoms with van der Waals surface area (Å²) in [6.07, 6.45) is 7.86. The fraction of sp³-hybridized carbons (Fsp3) is 0.429. The first-order chi connectivity index (χ1) is 7.88. The second-order valence-corrected chi connectivity index (χ2v) is 4.66. The lowest BCUT2D eigenvalue weighted by molar-refractivity contribution is 0.300. The molecule has 2 N–H and O–H groups in total. The van der Waals surface area contributed by atoms with Crippen LogP contribution in [0.4, 0.5) is 0 Å². The predicted molar refractivity (Wildman–Crippen MR) is 65.7 cm³/mol. The maximum Gasteiger partial charge on any atom is 0.0472 e.